The van der Waals surface area contributed by atoms with Crippen LogP contribution in [0.25, 0.3) is 0 Å². The summed E-state index contributed by atoms with van der Waals surface area (Å²) in [6.45, 7) is 0.336. The lowest BCUT2D eigenvalue weighted by molar-refractivity contribution is 0.414. The highest BCUT2D eigenvalue weighted by Crippen LogP contribution is 2.13. The summed E-state index contributed by atoms with van der Waals surface area (Å²) in [6.07, 6.45) is 0. The molecule has 0 fully saturated rings. The smallest absolute Gasteiger partial charge is 0.269 e. The molecule has 0 saturated heterocycles. The van der Waals surface area contributed by atoms with E-state index in [1.54, 1.807) is 7.11 Å². The van der Waals surface area contributed by atoms with Crippen molar-refractivity contribution in [2.24, 2.45) is 0 Å². The Morgan fingerprint density at radius 2 is 2.06 bits per heavy atom. The molecule has 0 saturated carbocycles. The number of anilines is 1. The fourth-order valence-electron chi connectivity index (χ4n) is 1.50. The number of hydrogen-bond donors (Lipinski definition) is 1. The van der Waals surface area contributed by atoms with Crippen molar-refractivity contribution in [3.63, 3.8) is 0 Å². The predicted molar refractivity (Wildman–Crippen MR) is 70.0 cm³/mol. The number of rotatable bonds is 3. The molecule has 0 spiro atoms. The van der Waals surface area contributed by atoms with Crippen LogP contribution in [0, 0.1) is 0 Å². The van der Waals surface area contributed by atoms with Gasteiger partial charge in [-0.1, -0.05) is 23.7 Å². The van der Waals surface area contributed by atoms with E-state index < -0.39 is 0 Å². The van der Waals surface area contributed by atoms with Gasteiger partial charge in [-0.15, -0.1) is 0 Å². The summed E-state index contributed by atoms with van der Waals surface area (Å²) in [7, 11) is 1.60. The number of nitrogens with zero attached hydrogens (tertiary/aromatic N) is 2. The van der Waals surface area contributed by atoms with E-state index in [0.717, 1.165) is 11.3 Å². The summed E-state index contributed by atoms with van der Waals surface area (Å²) in [4.78, 5) is 11.7. The molecule has 18 heavy (non-hydrogen) atoms. The van der Waals surface area contributed by atoms with Crippen LogP contribution in [0.5, 0.6) is 5.75 Å². The first-order chi connectivity index (χ1) is 8.60. The fourth-order valence-corrected chi connectivity index (χ4v) is 1.64. The Morgan fingerprint density at radius 1 is 1.39 bits per heavy atom. The van der Waals surface area contributed by atoms with Gasteiger partial charge in [-0.05, 0) is 17.7 Å². The van der Waals surface area contributed by atoms with E-state index in [4.69, 9.17) is 22.1 Å². The number of methoxy groups -OCH3 is 1. The average Bonchev–Trinajstić information content (AvgIpc) is 2.37. The van der Waals surface area contributed by atoms with Crippen molar-refractivity contribution in [1.82, 2.24) is 9.78 Å². The summed E-state index contributed by atoms with van der Waals surface area (Å²) in [5.41, 5.74) is 6.32. The second-order valence-corrected chi connectivity index (χ2v) is 4.09. The zero-order chi connectivity index (χ0) is 13.1. The molecule has 5 nitrogen and oxygen atoms in total. The van der Waals surface area contributed by atoms with Gasteiger partial charge in [0.2, 0.25) is 0 Å². The van der Waals surface area contributed by atoms with E-state index in [1.165, 1.54) is 10.7 Å². The summed E-state index contributed by atoms with van der Waals surface area (Å²) in [5, 5.41) is 4.05. The molecule has 6 heteroatoms. The number of nitrogens with two attached hydrogens (primary N) is 1. The highest BCUT2D eigenvalue weighted by Gasteiger charge is 2.04. The van der Waals surface area contributed by atoms with Gasteiger partial charge in [0.1, 0.15) is 5.75 Å². The lowest BCUT2D eigenvalue weighted by atomic mass is 10.2. The number of hydrogen-bond acceptors (Lipinski definition) is 4. The molecular formula is C12H12ClN3O2. The first-order valence-corrected chi connectivity index (χ1v) is 5.64. The molecular weight excluding hydrogens is 254 g/mol. The minimum absolute atomic E-state index is 0.128. The molecule has 0 bridgehead atoms. The van der Waals surface area contributed by atoms with Crippen LogP contribution >= 0.6 is 11.6 Å². The van der Waals surface area contributed by atoms with Gasteiger partial charge in [-0.25, -0.2) is 4.68 Å². The standard InChI is InChI=1S/C12H12ClN3O2/c1-18-9-4-2-8(3-5-9)7-16-11(17)6-10(14)12(13)15-16/h2-6H,7,14H2,1H3. The maximum absolute atomic E-state index is 11.7. The number of ether oxygens (including phenoxy) is 1. The second-order valence-electron chi connectivity index (χ2n) is 3.73. The summed E-state index contributed by atoms with van der Waals surface area (Å²) in [6, 6.07) is 8.62. The van der Waals surface area contributed by atoms with Crippen LogP contribution in [0.3, 0.4) is 0 Å². The van der Waals surface area contributed by atoms with E-state index in [2.05, 4.69) is 5.10 Å². The van der Waals surface area contributed by atoms with Crippen molar-refractivity contribution in [2.45, 2.75) is 6.54 Å². The fraction of sp³-hybridized carbons (Fsp3) is 0.167. The number of nitrogen functional groups attached to an aromatic ring is 1. The monoisotopic (exact) mass is 265 g/mol. The van der Waals surface area contributed by atoms with Crippen molar-refractivity contribution in [3.05, 3.63) is 51.4 Å². The minimum atomic E-state index is -0.285. The van der Waals surface area contributed by atoms with Gasteiger partial charge in [-0.3, -0.25) is 4.79 Å². The van der Waals surface area contributed by atoms with E-state index in [0.29, 0.717) is 6.54 Å². The van der Waals surface area contributed by atoms with Crippen LogP contribution in [0.4, 0.5) is 5.69 Å². The van der Waals surface area contributed by atoms with Gasteiger partial charge in [-0.2, -0.15) is 5.10 Å². The normalized spacial score (nSPS) is 10.3. The van der Waals surface area contributed by atoms with E-state index in [1.807, 2.05) is 24.3 Å². The molecule has 1 aromatic carbocycles. The maximum atomic E-state index is 11.7. The molecule has 0 atom stereocenters. The van der Waals surface area contributed by atoms with E-state index in [9.17, 15) is 4.79 Å². The van der Waals surface area contributed by atoms with Gasteiger partial charge in [0, 0.05) is 6.07 Å². The van der Waals surface area contributed by atoms with E-state index in [-0.39, 0.29) is 16.4 Å². The molecule has 1 aromatic heterocycles. The predicted octanol–water partition coefficient (Wildman–Crippen LogP) is 1.54. The van der Waals surface area contributed by atoms with Crippen molar-refractivity contribution in [2.75, 3.05) is 12.8 Å². The van der Waals surface area contributed by atoms with Crippen LogP contribution in [-0.2, 0) is 6.54 Å². The topological polar surface area (TPSA) is 70.1 Å². The van der Waals surface area contributed by atoms with Crippen molar-refractivity contribution in [1.29, 1.82) is 0 Å². The van der Waals surface area contributed by atoms with Gasteiger partial charge in [0.25, 0.3) is 5.56 Å². The summed E-state index contributed by atoms with van der Waals surface area (Å²) in [5.74, 6) is 0.759. The number of benzene rings is 1. The molecule has 94 valence electrons. The van der Waals surface area contributed by atoms with Crippen LogP contribution in [0.2, 0.25) is 5.15 Å². The zero-order valence-electron chi connectivity index (χ0n) is 9.76. The third-order valence-corrected chi connectivity index (χ3v) is 2.77. The largest absolute Gasteiger partial charge is 0.497 e. The molecule has 0 aliphatic heterocycles. The van der Waals surface area contributed by atoms with Gasteiger partial charge >= 0.3 is 0 Å². The Balaban J connectivity index is 2.28. The number of halogens is 1. The zero-order valence-corrected chi connectivity index (χ0v) is 10.5. The van der Waals surface area contributed by atoms with Gasteiger partial charge < -0.3 is 10.5 Å². The highest BCUT2D eigenvalue weighted by atomic mass is 35.5. The van der Waals surface area contributed by atoms with E-state index >= 15 is 0 Å². The average molecular weight is 266 g/mol. The lowest BCUT2D eigenvalue weighted by Crippen LogP contribution is -2.23. The second kappa shape index (κ2) is 5.10. The SMILES string of the molecule is COc1ccc(Cn2nc(Cl)c(N)cc2=O)cc1. The molecule has 0 unspecified atom stereocenters. The molecule has 2 N–H and O–H groups in total. The molecule has 1 heterocycles. The Kier molecular flexibility index (Phi) is 3.53. The van der Waals surface area contributed by atoms with Crippen molar-refractivity contribution in [3.8, 4) is 5.75 Å². The van der Waals surface area contributed by atoms with Crippen LogP contribution < -0.4 is 16.0 Å². The third kappa shape index (κ3) is 2.62. The Morgan fingerprint density at radius 3 is 2.67 bits per heavy atom. The molecule has 0 aliphatic rings. The Hall–Kier alpha value is -2.01. The van der Waals surface area contributed by atoms with Crippen LogP contribution in [-0.4, -0.2) is 16.9 Å². The van der Waals surface area contributed by atoms with Crippen LogP contribution in [0.1, 0.15) is 5.56 Å². The maximum Gasteiger partial charge on any atom is 0.269 e. The van der Waals surface area contributed by atoms with Gasteiger partial charge in [0.05, 0.1) is 19.3 Å². The van der Waals surface area contributed by atoms with Crippen molar-refractivity contribution >= 4 is 17.3 Å². The minimum Gasteiger partial charge on any atom is -0.497 e. The molecule has 2 rings (SSSR count). The molecule has 0 amide bonds. The van der Waals surface area contributed by atoms with Crippen LogP contribution in [0.15, 0.2) is 35.1 Å². The molecule has 0 aliphatic carbocycles. The Bertz CT molecular complexity index is 608. The molecule has 2 aromatic rings. The highest BCUT2D eigenvalue weighted by molar-refractivity contribution is 6.31. The van der Waals surface area contributed by atoms with Gasteiger partial charge in [0.15, 0.2) is 5.15 Å². The third-order valence-electron chi connectivity index (χ3n) is 2.47. The molecule has 0 radical (unpaired) electrons. The summed E-state index contributed by atoms with van der Waals surface area (Å²) >= 11 is 5.78. The lowest BCUT2D eigenvalue weighted by Gasteiger charge is -2.07. The van der Waals surface area contributed by atoms with Crippen molar-refractivity contribution < 1.29 is 4.74 Å². The number of aromatic nitrogens is 2. The first-order valence-electron chi connectivity index (χ1n) is 5.26. The Labute approximate surface area is 109 Å². The first kappa shape index (κ1) is 12.4. The quantitative estimate of drug-likeness (QED) is 0.914. The summed E-state index contributed by atoms with van der Waals surface area (Å²) < 4.78 is 6.32.